The Balaban J connectivity index is 1.94. The van der Waals surface area contributed by atoms with Gasteiger partial charge in [-0.15, -0.1) is 0 Å². The van der Waals surface area contributed by atoms with Crippen LogP contribution < -0.4 is 19.5 Å². The predicted octanol–water partition coefficient (Wildman–Crippen LogP) is 3.82. The van der Waals surface area contributed by atoms with Crippen molar-refractivity contribution in [1.29, 1.82) is 0 Å². The Kier molecular flexibility index (Phi) is 7.09. The number of rotatable bonds is 8. The molecule has 2 aromatic carbocycles. The van der Waals surface area contributed by atoms with E-state index in [1.54, 1.807) is 20.3 Å². The fourth-order valence-electron chi connectivity index (χ4n) is 2.30. The van der Waals surface area contributed by atoms with Crippen molar-refractivity contribution in [3.8, 4) is 17.2 Å². The molecule has 2 aromatic rings. The van der Waals surface area contributed by atoms with Crippen LogP contribution in [0, 0.1) is 0 Å². The topological polar surface area (TPSA) is 56.8 Å². The number of hydrogen-bond donors (Lipinski definition) is 1. The quantitative estimate of drug-likeness (QED) is 0.732. The van der Waals surface area contributed by atoms with Crippen molar-refractivity contribution in [2.75, 3.05) is 14.2 Å². The molecule has 1 N–H and O–H groups in total. The maximum Gasteiger partial charge on any atom is 0.244 e. The molecule has 0 aliphatic heterocycles. The molecule has 0 radical (unpaired) electrons. The van der Waals surface area contributed by atoms with Crippen LogP contribution in [0.4, 0.5) is 0 Å². The summed E-state index contributed by atoms with van der Waals surface area (Å²) in [6, 6.07) is 13.1. The van der Waals surface area contributed by atoms with Gasteiger partial charge in [0.15, 0.2) is 11.5 Å². The minimum atomic E-state index is -0.165. The lowest BCUT2D eigenvalue weighted by molar-refractivity contribution is -0.116. The van der Waals surface area contributed by atoms with Gasteiger partial charge < -0.3 is 19.5 Å². The molecule has 0 unspecified atom stereocenters. The average Bonchev–Trinajstić information content (AvgIpc) is 2.65. The summed E-state index contributed by atoms with van der Waals surface area (Å²) in [4.78, 5) is 12.0. The molecule has 0 atom stereocenters. The van der Waals surface area contributed by atoms with Gasteiger partial charge in [-0.3, -0.25) is 4.79 Å². The Morgan fingerprint density at radius 2 is 1.77 bits per heavy atom. The summed E-state index contributed by atoms with van der Waals surface area (Å²) in [7, 11) is 3.22. The van der Waals surface area contributed by atoms with Gasteiger partial charge >= 0.3 is 0 Å². The van der Waals surface area contributed by atoms with Crippen LogP contribution in [0.25, 0.3) is 6.08 Å². The molecule has 0 fully saturated rings. The zero-order valence-corrected chi connectivity index (χ0v) is 15.6. The van der Waals surface area contributed by atoms with E-state index in [1.165, 1.54) is 6.08 Å². The molecule has 0 bridgehead atoms. The zero-order valence-electron chi connectivity index (χ0n) is 15.6. The number of ether oxygens (including phenoxy) is 3. The van der Waals surface area contributed by atoms with Gasteiger partial charge in [0.2, 0.25) is 5.91 Å². The summed E-state index contributed by atoms with van der Waals surface area (Å²) in [6.07, 6.45) is 3.31. The third kappa shape index (κ3) is 5.84. The van der Waals surface area contributed by atoms with Gasteiger partial charge in [-0.1, -0.05) is 18.2 Å². The molecule has 5 heteroatoms. The lowest BCUT2D eigenvalue weighted by Crippen LogP contribution is -2.20. The van der Waals surface area contributed by atoms with E-state index in [0.717, 1.165) is 16.9 Å². The normalized spacial score (nSPS) is 10.8. The van der Waals surface area contributed by atoms with Gasteiger partial charge in [-0.2, -0.15) is 0 Å². The highest BCUT2D eigenvalue weighted by molar-refractivity contribution is 5.91. The molecule has 26 heavy (non-hydrogen) atoms. The first kappa shape index (κ1) is 19.4. The summed E-state index contributed by atoms with van der Waals surface area (Å²) in [5.74, 6) is 1.95. The number of carbonyl (C=O) groups is 1. The fourth-order valence-corrected chi connectivity index (χ4v) is 2.30. The number of hydrogen-bond acceptors (Lipinski definition) is 4. The first-order valence-corrected chi connectivity index (χ1v) is 8.45. The number of carbonyl (C=O) groups excluding carboxylic acids is 1. The van der Waals surface area contributed by atoms with Gasteiger partial charge in [-0.25, -0.2) is 0 Å². The van der Waals surface area contributed by atoms with Crippen molar-refractivity contribution in [2.24, 2.45) is 0 Å². The summed E-state index contributed by atoms with van der Waals surface area (Å²) >= 11 is 0. The van der Waals surface area contributed by atoms with Crippen LogP contribution in [0.15, 0.2) is 48.5 Å². The third-order valence-corrected chi connectivity index (χ3v) is 3.60. The Labute approximate surface area is 154 Å². The van der Waals surface area contributed by atoms with Crippen molar-refractivity contribution in [1.82, 2.24) is 5.32 Å². The summed E-state index contributed by atoms with van der Waals surface area (Å²) < 4.78 is 16.1. The highest BCUT2D eigenvalue weighted by atomic mass is 16.5. The summed E-state index contributed by atoms with van der Waals surface area (Å²) in [6.45, 7) is 4.37. The standard InChI is InChI=1S/C21H25NO4/c1-15(2)26-19-11-7-16(13-20(19)25-4)8-12-21(23)22-14-17-5-9-18(24-3)10-6-17/h5-13,15H,14H2,1-4H3,(H,22,23)/b12-8+. The highest BCUT2D eigenvalue weighted by Gasteiger charge is 2.06. The molecule has 0 aliphatic carbocycles. The molecule has 0 heterocycles. The van der Waals surface area contributed by atoms with E-state index in [0.29, 0.717) is 18.0 Å². The van der Waals surface area contributed by atoms with E-state index in [-0.39, 0.29) is 12.0 Å². The molecule has 0 saturated heterocycles. The molecule has 2 rings (SSSR count). The van der Waals surface area contributed by atoms with Crippen LogP contribution in [-0.4, -0.2) is 26.2 Å². The molecule has 0 saturated carbocycles. The Hall–Kier alpha value is -2.95. The van der Waals surface area contributed by atoms with Crippen LogP contribution in [-0.2, 0) is 11.3 Å². The van der Waals surface area contributed by atoms with E-state index in [1.807, 2.05) is 56.3 Å². The van der Waals surface area contributed by atoms with E-state index in [9.17, 15) is 4.79 Å². The van der Waals surface area contributed by atoms with Gasteiger partial charge in [0.1, 0.15) is 5.75 Å². The predicted molar refractivity (Wildman–Crippen MR) is 103 cm³/mol. The summed E-state index contributed by atoms with van der Waals surface area (Å²) in [5, 5.41) is 2.85. The van der Waals surface area contributed by atoms with Crippen LogP contribution in [0.1, 0.15) is 25.0 Å². The van der Waals surface area contributed by atoms with Crippen molar-refractivity contribution in [3.63, 3.8) is 0 Å². The molecule has 0 spiro atoms. The van der Waals surface area contributed by atoms with Gasteiger partial charge in [0, 0.05) is 12.6 Å². The minimum absolute atomic E-state index is 0.0639. The summed E-state index contributed by atoms with van der Waals surface area (Å²) in [5.41, 5.74) is 1.86. The largest absolute Gasteiger partial charge is 0.497 e. The van der Waals surface area contributed by atoms with E-state index in [2.05, 4.69) is 5.32 Å². The molecule has 0 aliphatic rings. The SMILES string of the molecule is COc1ccc(CNC(=O)/C=C/c2ccc(OC(C)C)c(OC)c2)cc1. The van der Waals surface area contributed by atoms with Crippen LogP contribution in [0.5, 0.6) is 17.2 Å². The number of nitrogens with one attached hydrogen (secondary N) is 1. The number of benzene rings is 2. The molecular formula is C21H25NO4. The Morgan fingerprint density at radius 3 is 2.38 bits per heavy atom. The molecule has 0 aromatic heterocycles. The van der Waals surface area contributed by atoms with Crippen molar-refractivity contribution in [3.05, 3.63) is 59.7 Å². The lowest BCUT2D eigenvalue weighted by Gasteiger charge is -2.13. The van der Waals surface area contributed by atoms with Crippen LogP contribution in [0.2, 0.25) is 0 Å². The first-order valence-electron chi connectivity index (χ1n) is 8.45. The second kappa shape index (κ2) is 9.51. The monoisotopic (exact) mass is 355 g/mol. The van der Waals surface area contributed by atoms with Crippen molar-refractivity contribution in [2.45, 2.75) is 26.5 Å². The molecule has 1 amide bonds. The van der Waals surface area contributed by atoms with Gasteiger partial charge in [0.25, 0.3) is 0 Å². The van der Waals surface area contributed by atoms with Crippen LogP contribution >= 0.6 is 0 Å². The maximum absolute atomic E-state index is 12.0. The van der Waals surface area contributed by atoms with Crippen molar-refractivity contribution < 1.29 is 19.0 Å². The number of methoxy groups -OCH3 is 2. The molecule has 5 nitrogen and oxygen atoms in total. The minimum Gasteiger partial charge on any atom is -0.497 e. The lowest BCUT2D eigenvalue weighted by atomic mass is 10.2. The highest BCUT2D eigenvalue weighted by Crippen LogP contribution is 2.29. The van der Waals surface area contributed by atoms with E-state index in [4.69, 9.17) is 14.2 Å². The average molecular weight is 355 g/mol. The van der Waals surface area contributed by atoms with E-state index < -0.39 is 0 Å². The van der Waals surface area contributed by atoms with E-state index >= 15 is 0 Å². The Bertz CT molecular complexity index is 751. The zero-order chi connectivity index (χ0) is 18.9. The smallest absolute Gasteiger partial charge is 0.244 e. The second-order valence-electron chi connectivity index (χ2n) is 5.98. The molecular weight excluding hydrogens is 330 g/mol. The maximum atomic E-state index is 12.0. The number of amides is 1. The first-order chi connectivity index (χ1) is 12.5. The second-order valence-corrected chi connectivity index (χ2v) is 5.98. The fraction of sp³-hybridized carbons (Fsp3) is 0.286. The third-order valence-electron chi connectivity index (χ3n) is 3.60. The van der Waals surface area contributed by atoms with Crippen molar-refractivity contribution >= 4 is 12.0 Å². The van der Waals surface area contributed by atoms with Crippen LogP contribution in [0.3, 0.4) is 0 Å². The Morgan fingerprint density at radius 1 is 1.04 bits per heavy atom. The molecule has 138 valence electrons. The van der Waals surface area contributed by atoms with Gasteiger partial charge in [0.05, 0.1) is 20.3 Å². The van der Waals surface area contributed by atoms with Gasteiger partial charge in [-0.05, 0) is 55.3 Å².